The van der Waals surface area contributed by atoms with E-state index in [2.05, 4.69) is 4.98 Å². The van der Waals surface area contributed by atoms with E-state index in [1.54, 1.807) is 30.3 Å². The molecule has 0 unspecified atom stereocenters. The Morgan fingerprint density at radius 1 is 1.32 bits per heavy atom. The molecule has 0 spiro atoms. The minimum absolute atomic E-state index is 0.0240. The first-order chi connectivity index (χ1) is 10.5. The Hall–Kier alpha value is -3.03. The zero-order chi connectivity index (χ0) is 16.1. The highest BCUT2D eigenvalue weighted by Crippen LogP contribution is 2.17. The first-order valence-electron chi connectivity index (χ1n) is 6.43. The van der Waals surface area contributed by atoms with Crippen LogP contribution in [-0.4, -0.2) is 32.8 Å². The third-order valence-corrected chi connectivity index (χ3v) is 2.88. The summed E-state index contributed by atoms with van der Waals surface area (Å²) in [4.78, 5) is 37.4. The molecule has 8 nitrogen and oxygen atoms in total. The second-order valence-electron chi connectivity index (χ2n) is 4.38. The molecule has 0 saturated heterocycles. The number of imidazole rings is 1. The number of ketones is 1. The molecule has 2 aromatic rings. The van der Waals surface area contributed by atoms with Crippen molar-refractivity contribution in [1.82, 2.24) is 9.55 Å². The topological polar surface area (TPSA) is 104 Å². The number of carbonyl (C=O) groups excluding carboxylic acids is 2. The van der Waals surface area contributed by atoms with Gasteiger partial charge in [0.2, 0.25) is 0 Å². The van der Waals surface area contributed by atoms with E-state index in [1.807, 2.05) is 0 Å². The van der Waals surface area contributed by atoms with Crippen LogP contribution in [0.5, 0.6) is 0 Å². The lowest BCUT2D eigenvalue weighted by molar-refractivity contribution is -0.392. The maximum atomic E-state index is 12.4. The molecule has 0 atom stereocenters. The Balaban J connectivity index is 2.32. The summed E-state index contributed by atoms with van der Waals surface area (Å²) in [5, 5.41) is 11.0. The first kappa shape index (κ1) is 15.4. The molecule has 0 aliphatic rings. The van der Waals surface area contributed by atoms with Gasteiger partial charge in [0.1, 0.15) is 19.3 Å². The molecule has 0 radical (unpaired) electrons. The molecule has 2 rings (SSSR count). The van der Waals surface area contributed by atoms with E-state index in [9.17, 15) is 19.7 Å². The molecule has 1 aromatic heterocycles. The van der Waals surface area contributed by atoms with Gasteiger partial charge in [0.25, 0.3) is 11.6 Å². The van der Waals surface area contributed by atoms with E-state index in [1.165, 1.54) is 6.92 Å². The lowest BCUT2D eigenvalue weighted by atomic mass is 10.1. The maximum Gasteiger partial charge on any atom is 0.343 e. The van der Waals surface area contributed by atoms with Crippen LogP contribution in [0.3, 0.4) is 0 Å². The largest absolute Gasteiger partial charge is 0.462 e. The van der Waals surface area contributed by atoms with Gasteiger partial charge in [0.15, 0.2) is 0 Å². The molecule has 1 heterocycles. The highest BCUT2D eigenvalue weighted by Gasteiger charge is 2.26. The summed E-state index contributed by atoms with van der Waals surface area (Å²) in [6.07, 6.45) is 1.02. The van der Waals surface area contributed by atoms with Crippen LogP contribution >= 0.6 is 0 Å². The molecule has 22 heavy (non-hydrogen) atoms. The fourth-order valence-electron chi connectivity index (χ4n) is 1.91. The van der Waals surface area contributed by atoms with E-state index in [0.717, 1.165) is 10.8 Å². The van der Waals surface area contributed by atoms with Crippen molar-refractivity contribution in [1.29, 1.82) is 0 Å². The van der Waals surface area contributed by atoms with Crippen molar-refractivity contribution in [2.24, 2.45) is 0 Å². The molecule has 0 bridgehead atoms. The lowest BCUT2D eigenvalue weighted by Crippen LogP contribution is -2.17. The summed E-state index contributed by atoms with van der Waals surface area (Å²) < 4.78 is 5.91. The van der Waals surface area contributed by atoms with Crippen LogP contribution in [0.4, 0.5) is 5.82 Å². The van der Waals surface area contributed by atoms with Crippen molar-refractivity contribution in [2.45, 2.75) is 13.5 Å². The van der Waals surface area contributed by atoms with Gasteiger partial charge in [-0.05, 0) is 4.92 Å². The van der Waals surface area contributed by atoms with Crippen molar-refractivity contribution in [3.05, 3.63) is 58.0 Å². The minimum Gasteiger partial charge on any atom is -0.462 e. The van der Waals surface area contributed by atoms with Gasteiger partial charge in [-0.3, -0.25) is 9.59 Å². The number of hydrogen-bond donors (Lipinski definition) is 0. The zero-order valence-electron chi connectivity index (χ0n) is 11.8. The average Bonchev–Trinajstić information content (AvgIpc) is 2.91. The van der Waals surface area contributed by atoms with Gasteiger partial charge in [-0.25, -0.2) is 4.98 Å². The number of nitrogens with zero attached hydrogens (tertiary/aromatic N) is 3. The van der Waals surface area contributed by atoms with Gasteiger partial charge in [0.05, 0.1) is 0 Å². The molecular weight excluding hydrogens is 290 g/mol. The van der Waals surface area contributed by atoms with Crippen molar-refractivity contribution < 1.29 is 19.2 Å². The normalized spacial score (nSPS) is 10.2. The Kier molecular flexibility index (Phi) is 4.62. The fourth-order valence-corrected chi connectivity index (χ4v) is 1.91. The van der Waals surface area contributed by atoms with Crippen LogP contribution in [0.25, 0.3) is 0 Å². The van der Waals surface area contributed by atoms with E-state index >= 15 is 0 Å². The predicted octanol–water partition coefficient (Wildman–Crippen LogP) is 1.59. The molecule has 0 amide bonds. The van der Waals surface area contributed by atoms with Gasteiger partial charge in [0, 0.05) is 12.5 Å². The summed E-state index contributed by atoms with van der Waals surface area (Å²) in [5.41, 5.74) is 0.372. The van der Waals surface area contributed by atoms with Gasteiger partial charge >= 0.3 is 11.8 Å². The van der Waals surface area contributed by atoms with Crippen LogP contribution in [0.15, 0.2) is 36.5 Å². The number of benzene rings is 1. The molecule has 0 saturated carbocycles. The number of esters is 1. The molecular formula is C14H13N3O5. The smallest absolute Gasteiger partial charge is 0.343 e. The number of aromatic nitrogens is 2. The predicted molar refractivity (Wildman–Crippen MR) is 75.4 cm³/mol. The second kappa shape index (κ2) is 6.61. The third kappa shape index (κ3) is 3.35. The maximum absolute atomic E-state index is 12.4. The molecule has 0 N–H and O–H groups in total. The molecule has 8 heteroatoms. The van der Waals surface area contributed by atoms with Crippen LogP contribution in [0.2, 0.25) is 0 Å². The number of hydrogen-bond acceptors (Lipinski definition) is 6. The fraction of sp³-hybridized carbons (Fsp3) is 0.214. The molecule has 0 fully saturated rings. The van der Waals surface area contributed by atoms with Crippen molar-refractivity contribution in [3.8, 4) is 0 Å². The number of nitro groups is 1. The summed E-state index contributed by atoms with van der Waals surface area (Å²) >= 11 is 0. The van der Waals surface area contributed by atoms with Crippen molar-refractivity contribution >= 4 is 17.6 Å². The van der Waals surface area contributed by atoms with Crippen LogP contribution in [0.1, 0.15) is 23.1 Å². The van der Waals surface area contributed by atoms with Crippen LogP contribution < -0.4 is 0 Å². The first-order valence-corrected chi connectivity index (χ1v) is 6.43. The van der Waals surface area contributed by atoms with Gasteiger partial charge in [-0.1, -0.05) is 30.3 Å². The number of rotatable bonds is 6. The summed E-state index contributed by atoms with van der Waals surface area (Å²) in [5.74, 6) is -1.33. The Morgan fingerprint density at radius 2 is 2.00 bits per heavy atom. The van der Waals surface area contributed by atoms with E-state index in [0.29, 0.717) is 5.56 Å². The monoisotopic (exact) mass is 303 g/mol. The molecule has 0 aliphatic carbocycles. The van der Waals surface area contributed by atoms with E-state index in [4.69, 9.17) is 4.74 Å². The molecule has 1 aromatic carbocycles. The molecule has 114 valence electrons. The van der Waals surface area contributed by atoms with Crippen LogP contribution in [-0.2, 0) is 16.1 Å². The number of ether oxygens (including phenoxy) is 1. The summed E-state index contributed by atoms with van der Waals surface area (Å²) in [7, 11) is 0. The summed E-state index contributed by atoms with van der Waals surface area (Å²) in [6.45, 7) is 1.13. The van der Waals surface area contributed by atoms with Crippen molar-refractivity contribution in [3.63, 3.8) is 0 Å². The quantitative estimate of drug-likeness (QED) is 0.347. The van der Waals surface area contributed by atoms with Gasteiger partial charge in [-0.15, -0.1) is 0 Å². The Morgan fingerprint density at radius 3 is 2.59 bits per heavy atom. The zero-order valence-corrected chi connectivity index (χ0v) is 11.8. The molecule has 0 aliphatic heterocycles. The number of carbonyl (C=O) groups is 2. The van der Waals surface area contributed by atoms with E-state index in [-0.39, 0.29) is 24.8 Å². The highest BCUT2D eigenvalue weighted by atomic mass is 16.6. The minimum atomic E-state index is -0.636. The standard InChI is InChI=1S/C14H13N3O5/c1-10(18)22-8-7-16-12(17(20)21)9-15-14(16)13(19)11-5-3-2-4-6-11/h2-6,9H,7-8H2,1H3. The average molecular weight is 303 g/mol. The van der Waals surface area contributed by atoms with Gasteiger partial charge < -0.3 is 14.9 Å². The highest BCUT2D eigenvalue weighted by molar-refractivity contribution is 6.06. The van der Waals surface area contributed by atoms with Crippen LogP contribution in [0, 0.1) is 10.1 Å². The Labute approximate surface area is 125 Å². The second-order valence-corrected chi connectivity index (χ2v) is 4.38. The van der Waals surface area contributed by atoms with E-state index < -0.39 is 16.7 Å². The Bertz CT molecular complexity index is 709. The third-order valence-electron chi connectivity index (χ3n) is 2.88. The lowest BCUT2D eigenvalue weighted by Gasteiger charge is -2.05. The van der Waals surface area contributed by atoms with Gasteiger partial charge in [-0.2, -0.15) is 4.57 Å². The van der Waals surface area contributed by atoms with Crippen molar-refractivity contribution in [2.75, 3.05) is 6.61 Å². The SMILES string of the molecule is CC(=O)OCCn1c([N+](=O)[O-])cnc1C(=O)c1ccccc1. The summed E-state index contributed by atoms with van der Waals surface area (Å²) in [6, 6.07) is 8.33.